The first-order chi connectivity index (χ1) is 14.6. The minimum Gasteiger partial charge on any atom is -0.471 e. The van der Waals surface area contributed by atoms with Gasteiger partial charge in [-0.2, -0.15) is 23.4 Å². The van der Waals surface area contributed by atoms with E-state index in [4.69, 9.17) is 16.3 Å². The van der Waals surface area contributed by atoms with Crippen LogP contribution in [0, 0.1) is 13.8 Å². The third-order valence-corrected chi connectivity index (χ3v) is 4.62. The van der Waals surface area contributed by atoms with Gasteiger partial charge in [-0.25, -0.2) is 9.36 Å². The smallest absolute Gasteiger partial charge is 0.411 e. The van der Waals surface area contributed by atoms with Crippen molar-refractivity contribution in [1.82, 2.24) is 19.6 Å². The zero-order valence-corrected chi connectivity index (χ0v) is 17.4. The Labute approximate surface area is 180 Å². The maximum atomic E-state index is 12.3. The fourth-order valence-corrected chi connectivity index (χ4v) is 2.74. The van der Waals surface area contributed by atoms with Gasteiger partial charge in [0.2, 0.25) is 0 Å². The molecule has 166 valence electrons. The Kier molecular flexibility index (Phi) is 6.86. The molecule has 12 heteroatoms. The lowest BCUT2D eigenvalue weighted by Gasteiger charge is -2.10. The second-order valence-corrected chi connectivity index (χ2v) is 7.08. The number of aromatic nitrogens is 4. The van der Waals surface area contributed by atoms with Crippen molar-refractivity contribution in [1.29, 1.82) is 0 Å². The first-order valence-electron chi connectivity index (χ1n) is 9.02. The number of alkyl halides is 3. The van der Waals surface area contributed by atoms with Gasteiger partial charge in [0.05, 0.1) is 18.1 Å². The number of hydrogen-bond acceptors (Lipinski definition) is 5. The van der Waals surface area contributed by atoms with E-state index in [0.29, 0.717) is 16.5 Å². The van der Waals surface area contributed by atoms with Gasteiger partial charge in [0.25, 0.3) is 5.91 Å². The summed E-state index contributed by atoms with van der Waals surface area (Å²) in [6.45, 7) is 2.06. The van der Waals surface area contributed by atoms with Crippen molar-refractivity contribution in [3.63, 3.8) is 0 Å². The van der Waals surface area contributed by atoms with Crippen LogP contribution in [0.5, 0.6) is 5.75 Å². The van der Waals surface area contributed by atoms with E-state index in [1.54, 1.807) is 6.20 Å². The Hall–Kier alpha value is -3.05. The predicted molar refractivity (Wildman–Crippen MR) is 106 cm³/mol. The van der Waals surface area contributed by atoms with Gasteiger partial charge in [-0.15, -0.1) is 0 Å². The topological polar surface area (TPSA) is 83.2 Å². The van der Waals surface area contributed by atoms with Crippen LogP contribution in [0.3, 0.4) is 0 Å². The molecule has 2 aromatic heterocycles. The molecule has 0 radical (unpaired) electrons. The second kappa shape index (κ2) is 9.40. The van der Waals surface area contributed by atoms with E-state index >= 15 is 0 Å². The van der Waals surface area contributed by atoms with E-state index in [0.717, 1.165) is 15.8 Å². The molecule has 0 aliphatic carbocycles. The number of carbonyl (C=O) groups is 1. The SMILES string of the molecule is Cc1cc(OCn2ccc(C(=O)Nc3cnn(COCC(F)(F)F)c3)n2)cc(C)c1Cl. The van der Waals surface area contributed by atoms with Crippen molar-refractivity contribution < 1.29 is 27.4 Å². The van der Waals surface area contributed by atoms with Crippen LogP contribution >= 0.6 is 11.6 Å². The minimum atomic E-state index is -4.42. The molecular formula is C19H19ClF3N5O3. The van der Waals surface area contributed by atoms with E-state index in [1.807, 2.05) is 26.0 Å². The lowest BCUT2D eigenvalue weighted by molar-refractivity contribution is -0.182. The van der Waals surface area contributed by atoms with E-state index in [2.05, 4.69) is 20.3 Å². The molecule has 0 unspecified atom stereocenters. The number of amides is 1. The number of anilines is 1. The van der Waals surface area contributed by atoms with Crippen LogP contribution < -0.4 is 10.1 Å². The van der Waals surface area contributed by atoms with E-state index in [1.165, 1.54) is 23.1 Å². The van der Waals surface area contributed by atoms with Crippen LogP contribution in [0.2, 0.25) is 5.02 Å². The van der Waals surface area contributed by atoms with Crippen molar-refractivity contribution in [2.24, 2.45) is 0 Å². The van der Waals surface area contributed by atoms with E-state index < -0.39 is 25.4 Å². The largest absolute Gasteiger partial charge is 0.471 e. The molecule has 0 spiro atoms. The van der Waals surface area contributed by atoms with Crippen LogP contribution in [0.15, 0.2) is 36.8 Å². The number of aryl methyl sites for hydroxylation is 2. The molecule has 31 heavy (non-hydrogen) atoms. The quantitative estimate of drug-likeness (QED) is 0.549. The maximum Gasteiger partial charge on any atom is 0.411 e. The highest BCUT2D eigenvalue weighted by molar-refractivity contribution is 6.32. The summed E-state index contributed by atoms with van der Waals surface area (Å²) in [5.74, 6) is 0.119. The number of benzene rings is 1. The first-order valence-corrected chi connectivity index (χ1v) is 9.40. The third-order valence-electron chi connectivity index (χ3n) is 4.03. The molecule has 0 aliphatic heterocycles. The van der Waals surface area contributed by atoms with Gasteiger partial charge in [0.1, 0.15) is 19.1 Å². The van der Waals surface area contributed by atoms with Gasteiger partial charge in [-0.05, 0) is 43.2 Å². The second-order valence-electron chi connectivity index (χ2n) is 6.70. The minimum absolute atomic E-state index is 0.0856. The average molecular weight is 458 g/mol. The maximum absolute atomic E-state index is 12.3. The molecule has 1 N–H and O–H groups in total. The van der Waals surface area contributed by atoms with Crippen LogP contribution in [0.1, 0.15) is 21.6 Å². The number of hydrogen-bond donors (Lipinski definition) is 1. The number of nitrogens with zero attached hydrogens (tertiary/aromatic N) is 4. The number of ether oxygens (including phenoxy) is 2. The summed E-state index contributed by atoms with van der Waals surface area (Å²) in [5.41, 5.74) is 2.20. The summed E-state index contributed by atoms with van der Waals surface area (Å²) in [6, 6.07) is 5.12. The van der Waals surface area contributed by atoms with E-state index in [-0.39, 0.29) is 12.4 Å². The summed E-state index contributed by atoms with van der Waals surface area (Å²) in [6.07, 6.45) is -0.198. The molecule has 3 rings (SSSR count). The zero-order valence-electron chi connectivity index (χ0n) is 16.6. The lowest BCUT2D eigenvalue weighted by atomic mass is 10.1. The Morgan fingerprint density at radius 2 is 1.90 bits per heavy atom. The predicted octanol–water partition coefficient (Wildman–Crippen LogP) is 4.18. The third kappa shape index (κ3) is 6.46. The molecule has 1 aromatic carbocycles. The lowest BCUT2D eigenvalue weighted by Crippen LogP contribution is -2.18. The normalized spacial score (nSPS) is 11.5. The van der Waals surface area contributed by atoms with Crippen LogP contribution in [-0.2, 0) is 18.2 Å². The molecule has 1 amide bonds. The monoisotopic (exact) mass is 457 g/mol. The highest BCUT2D eigenvalue weighted by Crippen LogP contribution is 2.26. The van der Waals surface area contributed by atoms with Crippen molar-refractivity contribution in [3.8, 4) is 5.75 Å². The number of nitrogens with one attached hydrogen (secondary N) is 1. The molecule has 8 nitrogen and oxygen atoms in total. The van der Waals surface area contributed by atoms with Gasteiger partial charge < -0.3 is 14.8 Å². The van der Waals surface area contributed by atoms with Crippen molar-refractivity contribution in [2.45, 2.75) is 33.5 Å². The highest BCUT2D eigenvalue weighted by atomic mass is 35.5. The van der Waals surface area contributed by atoms with Crippen LogP contribution in [0.25, 0.3) is 0 Å². The molecule has 0 bridgehead atoms. The average Bonchev–Trinajstić information content (AvgIpc) is 3.33. The Morgan fingerprint density at radius 3 is 2.58 bits per heavy atom. The number of halogens is 4. The Morgan fingerprint density at radius 1 is 1.19 bits per heavy atom. The highest BCUT2D eigenvalue weighted by Gasteiger charge is 2.27. The zero-order chi connectivity index (χ0) is 22.6. The van der Waals surface area contributed by atoms with Crippen molar-refractivity contribution in [2.75, 3.05) is 11.9 Å². The summed E-state index contributed by atoms with van der Waals surface area (Å²) < 4.78 is 49.0. The summed E-state index contributed by atoms with van der Waals surface area (Å²) in [5, 5.41) is 11.2. The van der Waals surface area contributed by atoms with Crippen molar-refractivity contribution >= 4 is 23.2 Å². The standard InChI is InChI=1S/C19H19ClF3N5O3/c1-12-5-15(6-13(2)17(12)20)31-11-27-4-3-16(26-27)18(29)25-14-7-24-28(8-14)10-30-9-19(21,22)23/h3-8H,9-11H2,1-2H3,(H,25,29). The molecule has 0 fully saturated rings. The number of rotatable bonds is 8. The van der Waals surface area contributed by atoms with Gasteiger partial charge in [-0.1, -0.05) is 11.6 Å². The Bertz CT molecular complexity index is 1040. The molecule has 0 atom stereocenters. The van der Waals surface area contributed by atoms with Gasteiger partial charge >= 0.3 is 6.18 Å². The fraction of sp³-hybridized carbons (Fsp3) is 0.316. The molecular weight excluding hydrogens is 439 g/mol. The molecule has 0 aliphatic rings. The van der Waals surface area contributed by atoms with Crippen LogP contribution in [-0.4, -0.2) is 38.3 Å². The molecule has 2 heterocycles. The van der Waals surface area contributed by atoms with Crippen LogP contribution in [0.4, 0.5) is 18.9 Å². The number of carbonyl (C=O) groups excluding carboxylic acids is 1. The fourth-order valence-electron chi connectivity index (χ4n) is 2.63. The van der Waals surface area contributed by atoms with Gasteiger partial charge in [0.15, 0.2) is 12.4 Å². The van der Waals surface area contributed by atoms with Gasteiger partial charge in [0, 0.05) is 11.2 Å². The Balaban J connectivity index is 1.52. The summed E-state index contributed by atoms with van der Waals surface area (Å²) >= 11 is 6.14. The van der Waals surface area contributed by atoms with Gasteiger partial charge in [-0.3, -0.25) is 4.79 Å². The van der Waals surface area contributed by atoms with Crippen molar-refractivity contribution in [3.05, 3.63) is 58.6 Å². The molecule has 3 aromatic rings. The summed E-state index contributed by atoms with van der Waals surface area (Å²) in [7, 11) is 0. The first kappa shape index (κ1) is 22.6. The summed E-state index contributed by atoms with van der Waals surface area (Å²) in [4.78, 5) is 12.3. The molecule has 0 saturated carbocycles. The van der Waals surface area contributed by atoms with E-state index in [9.17, 15) is 18.0 Å². The molecule has 0 saturated heterocycles.